The summed E-state index contributed by atoms with van der Waals surface area (Å²) < 4.78 is 0. The number of hydrogen-bond acceptors (Lipinski definition) is 2. The maximum atomic E-state index is 11.9. The van der Waals surface area contributed by atoms with E-state index in [0.717, 1.165) is 36.9 Å². The van der Waals surface area contributed by atoms with Crippen LogP contribution in [0.25, 0.3) is 0 Å². The smallest absolute Gasteiger partial charge is 0.307 e. The van der Waals surface area contributed by atoms with Crippen LogP contribution in [-0.2, 0) is 22.6 Å². The molecule has 0 atom stereocenters. The summed E-state index contributed by atoms with van der Waals surface area (Å²) in [6.07, 6.45) is 3.88. The van der Waals surface area contributed by atoms with Gasteiger partial charge in [0.15, 0.2) is 0 Å². The molecule has 0 radical (unpaired) electrons. The Balaban J connectivity index is 1.98. The third kappa shape index (κ3) is 4.09. The zero-order valence-corrected chi connectivity index (χ0v) is 11.0. The van der Waals surface area contributed by atoms with Gasteiger partial charge in [0.1, 0.15) is 0 Å². The minimum Gasteiger partial charge on any atom is -0.481 e. The molecule has 4 heteroatoms. The molecule has 1 amide bonds. The second-order valence-electron chi connectivity index (χ2n) is 5.01. The van der Waals surface area contributed by atoms with Crippen LogP contribution in [0.2, 0.25) is 0 Å². The van der Waals surface area contributed by atoms with Crippen LogP contribution in [0.1, 0.15) is 36.8 Å². The highest BCUT2D eigenvalue weighted by molar-refractivity contribution is 5.76. The summed E-state index contributed by atoms with van der Waals surface area (Å²) in [5.74, 6) is -0.595. The molecule has 0 spiro atoms. The SMILES string of the molecule is O=C(O)Cc1ccc(CN2CCCCCC2=O)cc1. The summed E-state index contributed by atoms with van der Waals surface area (Å²) in [4.78, 5) is 24.4. The van der Waals surface area contributed by atoms with Crippen molar-refractivity contribution in [2.45, 2.75) is 38.6 Å². The average Bonchev–Trinajstić information content (AvgIpc) is 2.57. The Bertz CT molecular complexity index is 453. The summed E-state index contributed by atoms with van der Waals surface area (Å²) in [5.41, 5.74) is 1.85. The minimum atomic E-state index is -0.824. The molecule has 0 unspecified atom stereocenters. The lowest BCUT2D eigenvalue weighted by atomic mass is 10.1. The van der Waals surface area contributed by atoms with Gasteiger partial charge in [-0.2, -0.15) is 0 Å². The van der Waals surface area contributed by atoms with Crippen molar-refractivity contribution in [1.29, 1.82) is 0 Å². The highest BCUT2D eigenvalue weighted by Crippen LogP contribution is 2.15. The van der Waals surface area contributed by atoms with Gasteiger partial charge in [0.2, 0.25) is 5.91 Å². The van der Waals surface area contributed by atoms with Gasteiger partial charge in [-0.1, -0.05) is 30.7 Å². The Morgan fingerprint density at radius 1 is 1.11 bits per heavy atom. The fraction of sp³-hybridized carbons (Fsp3) is 0.467. The van der Waals surface area contributed by atoms with Crippen molar-refractivity contribution in [2.75, 3.05) is 6.54 Å². The van der Waals surface area contributed by atoms with Gasteiger partial charge < -0.3 is 10.0 Å². The quantitative estimate of drug-likeness (QED) is 0.904. The average molecular weight is 261 g/mol. The van der Waals surface area contributed by atoms with Crippen molar-refractivity contribution >= 4 is 11.9 Å². The number of carbonyl (C=O) groups is 2. The largest absolute Gasteiger partial charge is 0.481 e. The van der Waals surface area contributed by atoms with E-state index >= 15 is 0 Å². The highest BCUT2D eigenvalue weighted by Gasteiger charge is 2.16. The zero-order valence-electron chi connectivity index (χ0n) is 11.0. The summed E-state index contributed by atoms with van der Waals surface area (Å²) in [6.45, 7) is 1.46. The number of carbonyl (C=O) groups excluding carboxylic acids is 1. The molecule has 1 heterocycles. The van der Waals surface area contributed by atoms with E-state index in [1.54, 1.807) is 0 Å². The van der Waals surface area contributed by atoms with E-state index < -0.39 is 5.97 Å². The molecule has 4 nitrogen and oxygen atoms in total. The summed E-state index contributed by atoms with van der Waals surface area (Å²) in [5, 5.41) is 8.71. The molecule has 1 aromatic rings. The maximum absolute atomic E-state index is 11.9. The standard InChI is InChI=1S/C15H19NO3/c17-14-4-2-1-3-9-16(14)11-13-7-5-12(6-8-13)10-15(18)19/h5-8H,1-4,9-11H2,(H,18,19). The molecule has 0 aliphatic carbocycles. The van der Waals surface area contributed by atoms with Crippen molar-refractivity contribution < 1.29 is 14.7 Å². The number of benzene rings is 1. The summed E-state index contributed by atoms with van der Waals surface area (Å²) in [6, 6.07) is 7.48. The van der Waals surface area contributed by atoms with Crippen LogP contribution in [0.15, 0.2) is 24.3 Å². The fourth-order valence-electron chi connectivity index (χ4n) is 2.36. The molecule has 1 aromatic carbocycles. The lowest BCUT2D eigenvalue weighted by molar-refractivity contribution is -0.136. The van der Waals surface area contributed by atoms with E-state index in [1.165, 1.54) is 0 Å². The predicted molar refractivity (Wildman–Crippen MR) is 71.7 cm³/mol. The van der Waals surface area contributed by atoms with Crippen LogP contribution >= 0.6 is 0 Å². The third-order valence-corrected chi connectivity index (χ3v) is 3.42. The van der Waals surface area contributed by atoms with Crippen LogP contribution < -0.4 is 0 Å². The van der Waals surface area contributed by atoms with Gasteiger partial charge in [-0.05, 0) is 24.0 Å². The second kappa shape index (κ2) is 6.36. The van der Waals surface area contributed by atoms with E-state index in [1.807, 2.05) is 29.2 Å². The van der Waals surface area contributed by atoms with Crippen molar-refractivity contribution in [3.05, 3.63) is 35.4 Å². The summed E-state index contributed by atoms with van der Waals surface area (Å²) >= 11 is 0. The number of rotatable bonds is 4. The molecule has 1 aliphatic heterocycles. The van der Waals surface area contributed by atoms with Gasteiger partial charge in [-0.3, -0.25) is 9.59 Å². The van der Waals surface area contributed by atoms with E-state index in [-0.39, 0.29) is 12.3 Å². The lowest BCUT2D eigenvalue weighted by Gasteiger charge is -2.20. The molecule has 1 fully saturated rings. The first kappa shape index (κ1) is 13.6. The van der Waals surface area contributed by atoms with Crippen LogP contribution in [0.5, 0.6) is 0 Å². The first-order valence-corrected chi connectivity index (χ1v) is 6.72. The van der Waals surface area contributed by atoms with Crippen LogP contribution in [0.4, 0.5) is 0 Å². The van der Waals surface area contributed by atoms with Gasteiger partial charge in [0, 0.05) is 19.5 Å². The van der Waals surface area contributed by atoms with Crippen molar-refractivity contribution in [3.8, 4) is 0 Å². The molecule has 0 aromatic heterocycles. The lowest BCUT2D eigenvalue weighted by Crippen LogP contribution is -2.29. The van der Waals surface area contributed by atoms with Gasteiger partial charge in [-0.15, -0.1) is 0 Å². The van der Waals surface area contributed by atoms with E-state index in [9.17, 15) is 9.59 Å². The zero-order chi connectivity index (χ0) is 13.7. The second-order valence-corrected chi connectivity index (χ2v) is 5.01. The van der Waals surface area contributed by atoms with Crippen molar-refractivity contribution in [1.82, 2.24) is 4.90 Å². The van der Waals surface area contributed by atoms with E-state index in [0.29, 0.717) is 13.0 Å². The first-order valence-electron chi connectivity index (χ1n) is 6.72. The van der Waals surface area contributed by atoms with Crippen LogP contribution in [0, 0.1) is 0 Å². The van der Waals surface area contributed by atoms with Crippen molar-refractivity contribution in [3.63, 3.8) is 0 Å². The number of carboxylic acids is 1. The van der Waals surface area contributed by atoms with Crippen LogP contribution in [-0.4, -0.2) is 28.4 Å². The Morgan fingerprint density at radius 2 is 1.79 bits per heavy atom. The molecule has 102 valence electrons. The molecule has 1 saturated heterocycles. The molecule has 19 heavy (non-hydrogen) atoms. The number of nitrogens with zero attached hydrogens (tertiary/aromatic N) is 1. The number of likely N-dealkylation sites (tertiary alicyclic amines) is 1. The Morgan fingerprint density at radius 3 is 2.47 bits per heavy atom. The molecule has 0 bridgehead atoms. The van der Waals surface area contributed by atoms with Crippen LogP contribution in [0.3, 0.4) is 0 Å². The number of hydrogen-bond donors (Lipinski definition) is 1. The maximum Gasteiger partial charge on any atom is 0.307 e. The molecular weight excluding hydrogens is 242 g/mol. The number of carboxylic acid groups (broad SMARTS) is 1. The molecular formula is C15H19NO3. The van der Waals surface area contributed by atoms with Gasteiger partial charge >= 0.3 is 5.97 Å². The summed E-state index contributed by atoms with van der Waals surface area (Å²) in [7, 11) is 0. The third-order valence-electron chi connectivity index (χ3n) is 3.42. The fourth-order valence-corrected chi connectivity index (χ4v) is 2.36. The van der Waals surface area contributed by atoms with E-state index in [2.05, 4.69) is 0 Å². The minimum absolute atomic E-state index is 0.0446. The molecule has 1 N–H and O–H groups in total. The highest BCUT2D eigenvalue weighted by atomic mass is 16.4. The van der Waals surface area contributed by atoms with Gasteiger partial charge in [0.25, 0.3) is 0 Å². The molecule has 2 rings (SSSR count). The Kier molecular flexibility index (Phi) is 4.55. The number of amides is 1. The monoisotopic (exact) mass is 261 g/mol. The Labute approximate surface area is 113 Å². The molecule has 0 saturated carbocycles. The topological polar surface area (TPSA) is 57.6 Å². The Hall–Kier alpha value is -1.84. The predicted octanol–water partition coefficient (Wildman–Crippen LogP) is 2.22. The van der Waals surface area contributed by atoms with Gasteiger partial charge in [-0.25, -0.2) is 0 Å². The molecule has 1 aliphatic rings. The first-order chi connectivity index (χ1) is 9.15. The van der Waals surface area contributed by atoms with Gasteiger partial charge in [0.05, 0.1) is 6.42 Å². The normalized spacial score (nSPS) is 16.2. The van der Waals surface area contributed by atoms with E-state index in [4.69, 9.17) is 5.11 Å². The van der Waals surface area contributed by atoms with Crippen molar-refractivity contribution in [2.24, 2.45) is 0 Å². The number of aliphatic carboxylic acids is 1.